The zero-order valence-corrected chi connectivity index (χ0v) is 9.04. The number of carbonyl (C=O) groups is 1. The Labute approximate surface area is 85.0 Å². The third-order valence-electron chi connectivity index (χ3n) is 2.05. The standard InChI is InChI=1S/C10H19NO3/c1-5-6-11-8(9(12)13)7-10(2,3)14-4/h5,8,11H,1,6-7H2,2-4H3,(H,12,13). The summed E-state index contributed by atoms with van der Waals surface area (Å²) in [6, 6.07) is -0.594. The van der Waals surface area contributed by atoms with E-state index in [1.165, 1.54) is 0 Å². The maximum absolute atomic E-state index is 10.8. The van der Waals surface area contributed by atoms with Crippen LogP contribution in [0.3, 0.4) is 0 Å². The van der Waals surface area contributed by atoms with E-state index < -0.39 is 17.6 Å². The highest BCUT2D eigenvalue weighted by atomic mass is 16.5. The van der Waals surface area contributed by atoms with Crippen molar-refractivity contribution in [3.05, 3.63) is 12.7 Å². The van der Waals surface area contributed by atoms with Gasteiger partial charge in [0.2, 0.25) is 0 Å². The predicted octanol–water partition coefficient (Wildman–Crippen LogP) is 1.03. The molecule has 0 aliphatic heterocycles. The molecular formula is C10H19NO3. The topological polar surface area (TPSA) is 58.6 Å². The summed E-state index contributed by atoms with van der Waals surface area (Å²) in [5, 5.41) is 11.8. The summed E-state index contributed by atoms with van der Waals surface area (Å²) in [5.41, 5.74) is -0.433. The van der Waals surface area contributed by atoms with Crippen LogP contribution in [0.15, 0.2) is 12.7 Å². The SMILES string of the molecule is C=CCNC(CC(C)(C)OC)C(=O)O. The van der Waals surface area contributed by atoms with Crippen molar-refractivity contribution in [2.75, 3.05) is 13.7 Å². The van der Waals surface area contributed by atoms with Gasteiger partial charge in [0.1, 0.15) is 6.04 Å². The zero-order valence-electron chi connectivity index (χ0n) is 9.04. The van der Waals surface area contributed by atoms with Gasteiger partial charge < -0.3 is 15.2 Å². The summed E-state index contributed by atoms with van der Waals surface area (Å²) >= 11 is 0. The van der Waals surface area contributed by atoms with Crippen molar-refractivity contribution in [2.24, 2.45) is 0 Å². The Morgan fingerprint density at radius 1 is 1.71 bits per heavy atom. The second-order valence-electron chi connectivity index (χ2n) is 3.76. The number of aliphatic carboxylic acids is 1. The van der Waals surface area contributed by atoms with Crippen molar-refractivity contribution in [1.29, 1.82) is 0 Å². The Morgan fingerprint density at radius 2 is 2.29 bits per heavy atom. The number of methoxy groups -OCH3 is 1. The van der Waals surface area contributed by atoms with Crippen LogP contribution < -0.4 is 5.32 Å². The van der Waals surface area contributed by atoms with Gasteiger partial charge in [-0.15, -0.1) is 6.58 Å². The van der Waals surface area contributed by atoms with Crippen molar-refractivity contribution in [1.82, 2.24) is 5.32 Å². The second-order valence-corrected chi connectivity index (χ2v) is 3.76. The predicted molar refractivity (Wildman–Crippen MR) is 55.3 cm³/mol. The van der Waals surface area contributed by atoms with Gasteiger partial charge in [0.05, 0.1) is 5.60 Å². The number of hydrogen-bond donors (Lipinski definition) is 2. The lowest BCUT2D eigenvalue weighted by Gasteiger charge is -2.26. The fourth-order valence-electron chi connectivity index (χ4n) is 1.05. The molecule has 4 nitrogen and oxygen atoms in total. The molecular weight excluding hydrogens is 182 g/mol. The maximum atomic E-state index is 10.8. The zero-order chi connectivity index (χ0) is 11.2. The molecule has 0 aromatic rings. The Morgan fingerprint density at radius 3 is 2.64 bits per heavy atom. The van der Waals surface area contributed by atoms with E-state index in [-0.39, 0.29) is 0 Å². The first-order chi connectivity index (χ1) is 6.43. The third kappa shape index (κ3) is 4.99. The summed E-state index contributed by atoms with van der Waals surface area (Å²) in [4.78, 5) is 10.8. The summed E-state index contributed by atoms with van der Waals surface area (Å²) in [6.07, 6.45) is 2.06. The van der Waals surface area contributed by atoms with E-state index >= 15 is 0 Å². The fourth-order valence-corrected chi connectivity index (χ4v) is 1.05. The number of hydrogen-bond acceptors (Lipinski definition) is 3. The molecule has 0 aliphatic carbocycles. The molecule has 14 heavy (non-hydrogen) atoms. The lowest BCUT2D eigenvalue weighted by Crippen LogP contribution is -2.42. The van der Waals surface area contributed by atoms with Gasteiger partial charge in [-0.25, -0.2) is 0 Å². The average Bonchev–Trinajstić information content (AvgIpc) is 2.12. The Balaban J connectivity index is 4.22. The molecule has 82 valence electrons. The number of nitrogens with one attached hydrogen (secondary N) is 1. The van der Waals surface area contributed by atoms with Crippen LogP contribution in [-0.4, -0.2) is 36.4 Å². The van der Waals surface area contributed by atoms with Crippen LogP contribution in [0.25, 0.3) is 0 Å². The van der Waals surface area contributed by atoms with Crippen LogP contribution in [0.5, 0.6) is 0 Å². The third-order valence-corrected chi connectivity index (χ3v) is 2.05. The Kier molecular flexibility index (Phi) is 5.42. The lowest BCUT2D eigenvalue weighted by molar-refractivity contribution is -0.141. The van der Waals surface area contributed by atoms with Gasteiger partial charge in [-0.3, -0.25) is 4.79 Å². The number of carboxylic acid groups (broad SMARTS) is 1. The van der Waals surface area contributed by atoms with Crippen LogP contribution in [-0.2, 0) is 9.53 Å². The van der Waals surface area contributed by atoms with Crippen molar-refractivity contribution >= 4 is 5.97 Å². The van der Waals surface area contributed by atoms with Gasteiger partial charge in [-0.1, -0.05) is 6.08 Å². The van der Waals surface area contributed by atoms with Gasteiger partial charge in [0, 0.05) is 20.1 Å². The minimum atomic E-state index is -0.864. The normalized spacial score (nSPS) is 13.6. The van der Waals surface area contributed by atoms with Crippen molar-refractivity contribution in [3.8, 4) is 0 Å². The molecule has 0 bridgehead atoms. The van der Waals surface area contributed by atoms with Gasteiger partial charge in [-0.05, 0) is 13.8 Å². The monoisotopic (exact) mass is 201 g/mol. The highest BCUT2D eigenvalue weighted by molar-refractivity contribution is 5.73. The minimum absolute atomic E-state index is 0.423. The summed E-state index contributed by atoms with van der Waals surface area (Å²) < 4.78 is 5.17. The Hall–Kier alpha value is -0.870. The minimum Gasteiger partial charge on any atom is -0.480 e. The summed E-state index contributed by atoms with van der Waals surface area (Å²) in [7, 11) is 1.58. The molecule has 0 amide bonds. The smallest absolute Gasteiger partial charge is 0.320 e. The van der Waals surface area contributed by atoms with E-state index in [1.807, 2.05) is 13.8 Å². The molecule has 0 spiro atoms. The van der Waals surface area contributed by atoms with E-state index in [1.54, 1.807) is 13.2 Å². The van der Waals surface area contributed by atoms with Gasteiger partial charge >= 0.3 is 5.97 Å². The first-order valence-corrected chi connectivity index (χ1v) is 4.55. The van der Waals surface area contributed by atoms with Crippen LogP contribution in [0.1, 0.15) is 20.3 Å². The molecule has 4 heteroatoms. The summed E-state index contributed by atoms with van der Waals surface area (Å²) in [5.74, 6) is -0.864. The van der Waals surface area contributed by atoms with Crippen molar-refractivity contribution in [3.63, 3.8) is 0 Å². The van der Waals surface area contributed by atoms with E-state index in [2.05, 4.69) is 11.9 Å². The van der Waals surface area contributed by atoms with E-state index in [4.69, 9.17) is 9.84 Å². The van der Waals surface area contributed by atoms with Gasteiger partial charge in [0.15, 0.2) is 0 Å². The average molecular weight is 201 g/mol. The molecule has 1 atom stereocenters. The van der Waals surface area contributed by atoms with Crippen molar-refractivity contribution in [2.45, 2.75) is 31.9 Å². The van der Waals surface area contributed by atoms with Crippen LogP contribution in [0, 0.1) is 0 Å². The van der Waals surface area contributed by atoms with Crippen LogP contribution in [0.2, 0.25) is 0 Å². The van der Waals surface area contributed by atoms with Crippen LogP contribution >= 0.6 is 0 Å². The largest absolute Gasteiger partial charge is 0.480 e. The quantitative estimate of drug-likeness (QED) is 0.604. The first kappa shape index (κ1) is 13.1. The van der Waals surface area contributed by atoms with Crippen LogP contribution in [0.4, 0.5) is 0 Å². The Bertz CT molecular complexity index is 202. The molecule has 0 radical (unpaired) electrons. The maximum Gasteiger partial charge on any atom is 0.320 e. The van der Waals surface area contributed by atoms with Gasteiger partial charge in [0.25, 0.3) is 0 Å². The molecule has 0 rings (SSSR count). The number of rotatable bonds is 7. The molecule has 0 fully saturated rings. The fraction of sp³-hybridized carbons (Fsp3) is 0.700. The van der Waals surface area contributed by atoms with Gasteiger partial charge in [-0.2, -0.15) is 0 Å². The first-order valence-electron chi connectivity index (χ1n) is 4.55. The highest BCUT2D eigenvalue weighted by Gasteiger charge is 2.26. The van der Waals surface area contributed by atoms with E-state index in [0.717, 1.165) is 0 Å². The molecule has 0 aromatic heterocycles. The molecule has 0 aromatic carbocycles. The van der Waals surface area contributed by atoms with Crippen molar-refractivity contribution < 1.29 is 14.6 Å². The van der Waals surface area contributed by atoms with E-state index in [9.17, 15) is 4.79 Å². The highest BCUT2D eigenvalue weighted by Crippen LogP contribution is 2.15. The summed E-state index contributed by atoms with van der Waals surface area (Å²) in [6.45, 7) is 7.72. The lowest BCUT2D eigenvalue weighted by atomic mass is 9.99. The molecule has 0 saturated heterocycles. The molecule has 0 heterocycles. The van der Waals surface area contributed by atoms with E-state index in [0.29, 0.717) is 13.0 Å². The number of carboxylic acids is 1. The number of ether oxygens (including phenoxy) is 1. The molecule has 0 aliphatic rings. The molecule has 1 unspecified atom stereocenters. The molecule has 2 N–H and O–H groups in total. The molecule has 0 saturated carbocycles. The second kappa shape index (κ2) is 5.78.